The zero-order valence-electron chi connectivity index (χ0n) is 5.94. The van der Waals surface area contributed by atoms with Gasteiger partial charge >= 0.3 is 0 Å². The van der Waals surface area contributed by atoms with E-state index in [1.165, 1.54) is 6.92 Å². The highest BCUT2D eigenvalue weighted by Crippen LogP contribution is 2.02. The second-order valence-electron chi connectivity index (χ2n) is 2.31. The molecule has 62 valence electrons. The summed E-state index contributed by atoms with van der Waals surface area (Å²) < 4.78 is 0. The maximum absolute atomic E-state index is 8.92. The van der Waals surface area contributed by atoms with Gasteiger partial charge in [0.25, 0.3) is 0 Å². The lowest BCUT2D eigenvalue weighted by molar-refractivity contribution is -0.0586. The Morgan fingerprint density at radius 1 is 1.20 bits per heavy atom. The predicted octanol–water partition coefficient (Wildman–Crippen LogP) is -1.53. The van der Waals surface area contributed by atoms with E-state index in [1.54, 1.807) is 0 Å². The number of aliphatic hydroxyl groups excluding tert-OH is 4. The van der Waals surface area contributed by atoms with Crippen molar-refractivity contribution >= 4 is 0 Å². The van der Waals surface area contributed by atoms with Gasteiger partial charge in [-0.3, -0.25) is 0 Å². The molecule has 0 rings (SSSR count). The van der Waals surface area contributed by atoms with E-state index in [1.807, 2.05) is 0 Å². The van der Waals surface area contributed by atoms with E-state index < -0.39 is 18.3 Å². The second kappa shape index (κ2) is 4.62. The van der Waals surface area contributed by atoms with Crippen LogP contribution in [-0.4, -0.2) is 45.3 Å². The van der Waals surface area contributed by atoms with Gasteiger partial charge in [0.05, 0.1) is 12.2 Å². The summed E-state index contributed by atoms with van der Waals surface area (Å²) >= 11 is 0. The Kier molecular flexibility index (Phi) is 4.55. The van der Waals surface area contributed by atoms with Crippen LogP contribution in [0.4, 0.5) is 0 Å². The molecule has 4 nitrogen and oxygen atoms in total. The van der Waals surface area contributed by atoms with Gasteiger partial charge in [-0.2, -0.15) is 0 Å². The van der Waals surface area contributed by atoms with Crippen LogP contribution in [0.1, 0.15) is 13.3 Å². The van der Waals surface area contributed by atoms with E-state index in [4.69, 9.17) is 20.4 Å². The third kappa shape index (κ3) is 3.12. The Morgan fingerprint density at radius 3 is 2.00 bits per heavy atom. The molecule has 0 saturated carbocycles. The van der Waals surface area contributed by atoms with Gasteiger partial charge in [-0.05, 0) is 13.3 Å². The minimum atomic E-state index is -1.16. The number of hydrogen-bond acceptors (Lipinski definition) is 4. The third-order valence-corrected chi connectivity index (χ3v) is 1.31. The summed E-state index contributed by atoms with van der Waals surface area (Å²) in [5, 5.41) is 34.9. The molecule has 4 N–H and O–H groups in total. The molecule has 0 aromatic carbocycles. The molecule has 0 aliphatic rings. The van der Waals surface area contributed by atoms with Crippen molar-refractivity contribution in [2.45, 2.75) is 31.7 Å². The van der Waals surface area contributed by atoms with Crippen LogP contribution in [0.2, 0.25) is 0 Å². The van der Waals surface area contributed by atoms with Gasteiger partial charge in [0.1, 0.15) is 6.10 Å². The van der Waals surface area contributed by atoms with Crippen LogP contribution in [0.5, 0.6) is 0 Å². The summed E-state index contributed by atoms with van der Waals surface area (Å²) in [6, 6.07) is 0. The Balaban J connectivity index is 3.58. The molecule has 3 atom stereocenters. The van der Waals surface area contributed by atoms with Gasteiger partial charge in [-0.25, -0.2) is 0 Å². The molecular weight excluding hydrogens is 136 g/mol. The minimum Gasteiger partial charge on any atom is -0.396 e. The fraction of sp³-hybridized carbons (Fsp3) is 1.00. The van der Waals surface area contributed by atoms with Crippen molar-refractivity contribution in [1.82, 2.24) is 0 Å². The van der Waals surface area contributed by atoms with Gasteiger partial charge in [-0.15, -0.1) is 0 Å². The van der Waals surface area contributed by atoms with Crippen molar-refractivity contribution in [3.05, 3.63) is 0 Å². The van der Waals surface area contributed by atoms with E-state index >= 15 is 0 Å². The normalized spacial score (nSPS) is 20.1. The monoisotopic (exact) mass is 150 g/mol. The van der Waals surface area contributed by atoms with Crippen molar-refractivity contribution in [2.75, 3.05) is 6.61 Å². The lowest BCUT2D eigenvalue weighted by Gasteiger charge is -2.18. The first-order chi connectivity index (χ1) is 4.59. The van der Waals surface area contributed by atoms with Gasteiger partial charge in [0, 0.05) is 6.61 Å². The summed E-state index contributed by atoms with van der Waals surface area (Å²) in [7, 11) is 0. The summed E-state index contributed by atoms with van der Waals surface area (Å²) in [6.45, 7) is 1.19. The molecular formula is C6H14O4. The Labute approximate surface area is 59.7 Å². The summed E-state index contributed by atoms with van der Waals surface area (Å²) in [4.78, 5) is 0. The summed E-state index contributed by atoms with van der Waals surface area (Å²) in [5.74, 6) is 0. The van der Waals surface area contributed by atoms with Crippen molar-refractivity contribution in [1.29, 1.82) is 0 Å². The quantitative estimate of drug-likeness (QED) is 0.392. The Bertz CT molecular complexity index is 83.8. The van der Waals surface area contributed by atoms with Crippen LogP contribution in [-0.2, 0) is 0 Å². The van der Waals surface area contributed by atoms with Crippen LogP contribution in [0.25, 0.3) is 0 Å². The number of rotatable bonds is 4. The SMILES string of the molecule is CC(O)C(O)C(O)CCO. The van der Waals surface area contributed by atoms with Crippen LogP contribution in [0, 0.1) is 0 Å². The van der Waals surface area contributed by atoms with Crippen molar-refractivity contribution in [3.63, 3.8) is 0 Å². The van der Waals surface area contributed by atoms with Crippen molar-refractivity contribution < 1.29 is 20.4 Å². The van der Waals surface area contributed by atoms with Gasteiger partial charge < -0.3 is 20.4 Å². The molecule has 0 radical (unpaired) electrons. The fourth-order valence-corrected chi connectivity index (χ4v) is 0.625. The predicted molar refractivity (Wildman–Crippen MR) is 35.4 cm³/mol. The molecule has 10 heavy (non-hydrogen) atoms. The smallest absolute Gasteiger partial charge is 0.105 e. The molecule has 0 amide bonds. The average Bonchev–Trinajstić information content (AvgIpc) is 1.87. The summed E-state index contributed by atoms with van der Waals surface area (Å²) in [5.41, 5.74) is 0. The molecule has 0 bridgehead atoms. The molecule has 0 heterocycles. The maximum Gasteiger partial charge on any atom is 0.105 e. The third-order valence-electron chi connectivity index (χ3n) is 1.31. The first-order valence-electron chi connectivity index (χ1n) is 3.24. The molecule has 4 heteroatoms. The molecule has 0 aliphatic carbocycles. The largest absolute Gasteiger partial charge is 0.396 e. The fourth-order valence-electron chi connectivity index (χ4n) is 0.625. The highest BCUT2D eigenvalue weighted by molar-refractivity contribution is 4.71. The van der Waals surface area contributed by atoms with E-state index in [0.29, 0.717) is 0 Å². The Morgan fingerprint density at radius 2 is 1.70 bits per heavy atom. The highest BCUT2D eigenvalue weighted by atomic mass is 16.4. The Hall–Kier alpha value is -0.160. The topological polar surface area (TPSA) is 80.9 Å². The standard InChI is InChI=1S/C6H14O4/c1-4(8)6(10)5(9)2-3-7/h4-10H,2-3H2,1H3. The van der Waals surface area contributed by atoms with Crippen molar-refractivity contribution in [2.24, 2.45) is 0 Å². The highest BCUT2D eigenvalue weighted by Gasteiger charge is 2.19. The van der Waals surface area contributed by atoms with E-state index in [2.05, 4.69) is 0 Å². The molecule has 0 aromatic rings. The number of hydrogen-bond donors (Lipinski definition) is 4. The lowest BCUT2D eigenvalue weighted by Crippen LogP contribution is -2.35. The average molecular weight is 150 g/mol. The van der Waals surface area contributed by atoms with E-state index in [-0.39, 0.29) is 13.0 Å². The molecule has 0 aromatic heterocycles. The zero-order valence-corrected chi connectivity index (χ0v) is 5.94. The second-order valence-corrected chi connectivity index (χ2v) is 2.31. The summed E-state index contributed by atoms with van der Waals surface area (Å²) in [6.07, 6.45) is -3.06. The molecule has 0 spiro atoms. The lowest BCUT2D eigenvalue weighted by atomic mass is 10.1. The van der Waals surface area contributed by atoms with Crippen LogP contribution in [0.15, 0.2) is 0 Å². The van der Waals surface area contributed by atoms with E-state index in [0.717, 1.165) is 0 Å². The van der Waals surface area contributed by atoms with Crippen LogP contribution < -0.4 is 0 Å². The maximum atomic E-state index is 8.92. The number of aliphatic hydroxyl groups is 4. The molecule has 0 fully saturated rings. The van der Waals surface area contributed by atoms with Gasteiger partial charge in [0.2, 0.25) is 0 Å². The zero-order chi connectivity index (χ0) is 8.15. The van der Waals surface area contributed by atoms with Gasteiger partial charge in [-0.1, -0.05) is 0 Å². The van der Waals surface area contributed by atoms with Crippen LogP contribution in [0.3, 0.4) is 0 Å². The first kappa shape index (κ1) is 9.84. The van der Waals surface area contributed by atoms with Gasteiger partial charge in [0.15, 0.2) is 0 Å². The molecule has 3 unspecified atom stereocenters. The van der Waals surface area contributed by atoms with E-state index in [9.17, 15) is 0 Å². The molecule has 0 saturated heterocycles. The van der Waals surface area contributed by atoms with Crippen LogP contribution >= 0.6 is 0 Å². The van der Waals surface area contributed by atoms with Crippen molar-refractivity contribution in [3.8, 4) is 0 Å². The minimum absolute atomic E-state index is 0.0894. The molecule has 0 aliphatic heterocycles. The first-order valence-corrected chi connectivity index (χ1v) is 3.24.